The summed E-state index contributed by atoms with van der Waals surface area (Å²) < 4.78 is 32.9. The Kier molecular flexibility index (Phi) is 10.6. The fourth-order valence-electron chi connectivity index (χ4n) is 4.37. The van der Waals surface area contributed by atoms with E-state index in [1.54, 1.807) is 86.5 Å². The molecule has 0 spiro atoms. The van der Waals surface area contributed by atoms with Gasteiger partial charge in [0.05, 0.1) is 36.3 Å². The van der Waals surface area contributed by atoms with E-state index in [4.69, 9.17) is 14.2 Å². The second-order valence-electron chi connectivity index (χ2n) is 12.5. The zero-order chi connectivity index (χ0) is 33.5. The Labute approximate surface area is 267 Å². The van der Waals surface area contributed by atoms with Gasteiger partial charge in [-0.2, -0.15) is 0 Å². The molecule has 1 aromatic heterocycles. The summed E-state index contributed by atoms with van der Waals surface area (Å²) in [4.78, 5) is 43.3. The van der Waals surface area contributed by atoms with Crippen LogP contribution in [0.15, 0.2) is 79.4 Å². The van der Waals surface area contributed by atoms with E-state index in [9.17, 15) is 18.8 Å². The van der Waals surface area contributed by atoms with Crippen molar-refractivity contribution in [3.05, 3.63) is 90.8 Å². The molecule has 3 aromatic carbocycles. The number of hydrogen-bond acceptors (Lipinski definition) is 7. The minimum Gasteiger partial charge on any atom is -0.490 e. The summed E-state index contributed by atoms with van der Waals surface area (Å²) in [7, 11) is 0. The molecule has 2 amide bonds. The summed E-state index contributed by atoms with van der Waals surface area (Å²) in [6.45, 7) is 11.4. The third-order valence-electron chi connectivity index (χ3n) is 6.35. The molecule has 1 heterocycles. The number of halogens is 1. The number of rotatable bonds is 11. The molecule has 46 heavy (non-hydrogen) atoms. The van der Waals surface area contributed by atoms with Gasteiger partial charge in [0.2, 0.25) is 5.91 Å². The van der Waals surface area contributed by atoms with Gasteiger partial charge >= 0.3 is 6.09 Å². The van der Waals surface area contributed by atoms with Crippen LogP contribution in [-0.2, 0) is 14.3 Å². The highest BCUT2D eigenvalue weighted by Gasteiger charge is 2.22. The molecule has 0 fully saturated rings. The molecule has 0 aliphatic carbocycles. The summed E-state index contributed by atoms with van der Waals surface area (Å²) in [5.41, 5.74) is 1.38. The number of hydrogen-bond donors (Lipinski definition) is 2. The van der Waals surface area contributed by atoms with Gasteiger partial charge in [-0.05, 0) is 77.4 Å². The number of imidazole rings is 1. The number of amides is 2. The summed E-state index contributed by atoms with van der Waals surface area (Å²) >= 11 is 0. The van der Waals surface area contributed by atoms with Gasteiger partial charge in [0.1, 0.15) is 23.8 Å². The summed E-state index contributed by atoms with van der Waals surface area (Å²) in [5, 5.41) is 5.44. The minimum absolute atomic E-state index is 0.176. The number of carbonyl (C=O) groups is 3. The average Bonchev–Trinajstić information content (AvgIpc) is 3.51. The van der Waals surface area contributed by atoms with Crippen molar-refractivity contribution in [1.82, 2.24) is 9.55 Å². The van der Waals surface area contributed by atoms with Crippen LogP contribution in [0, 0.1) is 5.82 Å². The van der Waals surface area contributed by atoms with Crippen LogP contribution >= 0.6 is 0 Å². The zero-order valence-corrected chi connectivity index (χ0v) is 26.8. The lowest BCUT2D eigenvalue weighted by molar-refractivity contribution is -0.115. The second kappa shape index (κ2) is 14.4. The van der Waals surface area contributed by atoms with Crippen LogP contribution in [0.4, 0.5) is 20.6 Å². The van der Waals surface area contributed by atoms with E-state index in [1.807, 2.05) is 26.8 Å². The number of nitrogens with zero attached hydrogens (tertiary/aromatic N) is 2. The Bertz CT molecular complexity index is 1670. The molecular weight excluding hydrogens is 591 g/mol. The molecule has 0 unspecified atom stereocenters. The smallest absolute Gasteiger partial charge is 0.412 e. The first-order valence-electron chi connectivity index (χ1n) is 14.8. The molecule has 0 saturated carbocycles. The van der Waals surface area contributed by atoms with Gasteiger partial charge in [0.15, 0.2) is 5.78 Å². The van der Waals surface area contributed by atoms with Crippen molar-refractivity contribution in [2.45, 2.75) is 59.2 Å². The summed E-state index contributed by atoms with van der Waals surface area (Å²) in [6.07, 6.45) is 3.76. The Hall–Kier alpha value is -5.03. The molecule has 0 aliphatic heterocycles. The first kappa shape index (κ1) is 33.9. The molecule has 10 nitrogen and oxygen atoms in total. The number of carbonyl (C=O) groups excluding carboxylic acids is 3. The van der Waals surface area contributed by atoms with E-state index < -0.39 is 35.6 Å². The molecule has 0 radical (unpaired) electrons. The van der Waals surface area contributed by atoms with Crippen LogP contribution in [0.25, 0.3) is 16.8 Å². The molecule has 11 heteroatoms. The lowest BCUT2D eigenvalue weighted by Crippen LogP contribution is -2.28. The fraction of sp³-hybridized carbons (Fsp3) is 0.314. The number of ether oxygens (including phenoxy) is 3. The van der Waals surface area contributed by atoms with Crippen LogP contribution < -0.4 is 15.4 Å². The SMILES string of the molecule is CC(C)(C)OCCOc1cc(NC(=O)OC(C)(C)C)c(NC(=O)CC(=O)c2cccc(-n3ccnc3)c2)cc1-c1ccc(F)cc1. The quantitative estimate of drug-likeness (QED) is 0.100. The summed E-state index contributed by atoms with van der Waals surface area (Å²) in [5.74, 6) is -1.08. The number of ketones is 1. The molecular formula is C35H39FN4O6. The van der Waals surface area contributed by atoms with E-state index in [2.05, 4.69) is 15.6 Å². The lowest BCUT2D eigenvalue weighted by Gasteiger charge is -2.23. The normalized spacial score (nSPS) is 11.5. The second-order valence-corrected chi connectivity index (χ2v) is 12.5. The lowest BCUT2D eigenvalue weighted by atomic mass is 10.0. The Balaban J connectivity index is 1.65. The first-order valence-corrected chi connectivity index (χ1v) is 14.8. The van der Waals surface area contributed by atoms with Gasteiger partial charge in [0.25, 0.3) is 0 Å². The molecule has 0 bridgehead atoms. The Morgan fingerprint density at radius 2 is 1.59 bits per heavy atom. The molecule has 2 N–H and O–H groups in total. The van der Waals surface area contributed by atoms with Crippen molar-refractivity contribution in [3.63, 3.8) is 0 Å². The number of benzene rings is 3. The number of anilines is 2. The van der Waals surface area contributed by atoms with E-state index in [0.717, 1.165) is 5.69 Å². The van der Waals surface area contributed by atoms with Crippen molar-refractivity contribution in [2.24, 2.45) is 0 Å². The molecule has 0 atom stereocenters. The van der Waals surface area contributed by atoms with Gasteiger partial charge in [-0.25, -0.2) is 14.2 Å². The van der Waals surface area contributed by atoms with Crippen molar-refractivity contribution in [2.75, 3.05) is 23.8 Å². The van der Waals surface area contributed by atoms with Crippen molar-refractivity contribution in [1.29, 1.82) is 0 Å². The van der Waals surface area contributed by atoms with Crippen molar-refractivity contribution >= 4 is 29.2 Å². The fourth-order valence-corrected chi connectivity index (χ4v) is 4.37. The van der Waals surface area contributed by atoms with E-state index >= 15 is 0 Å². The van der Waals surface area contributed by atoms with E-state index in [-0.39, 0.29) is 30.2 Å². The maximum atomic E-state index is 13.8. The predicted octanol–water partition coefficient (Wildman–Crippen LogP) is 7.43. The standard InChI is InChI=1S/C35H39FN4O6/c1-34(2,3)45-17-16-44-31-20-29(39-33(43)46-35(4,5)6)28(19-27(31)23-10-12-25(36)13-11-23)38-32(42)21-30(41)24-8-7-9-26(18-24)40-15-14-37-22-40/h7-15,18-20,22H,16-17,21H2,1-6H3,(H,38,42)(H,39,43). The van der Waals surface area contributed by atoms with Crippen LogP contribution in [-0.4, -0.2) is 51.8 Å². The molecule has 0 saturated heterocycles. The monoisotopic (exact) mass is 630 g/mol. The van der Waals surface area contributed by atoms with Crippen LogP contribution in [0.3, 0.4) is 0 Å². The highest BCUT2D eigenvalue weighted by molar-refractivity contribution is 6.12. The van der Waals surface area contributed by atoms with Gasteiger partial charge < -0.3 is 24.1 Å². The molecule has 242 valence electrons. The minimum atomic E-state index is -0.789. The maximum Gasteiger partial charge on any atom is 0.412 e. The predicted molar refractivity (Wildman–Crippen MR) is 174 cm³/mol. The van der Waals surface area contributed by atoms with E-state index in [0.29, 0.717) is 22.4 Å². The highest BCUT2D eigenvalue weighted by Crippen LogP contribution is 2.38. The van der Waals surface area contributed by atoms with Gasteiger partial charge in [-0.1, -0.05) is 24.3 Å². The number of Topliss-reactive ketones (excluding diaryl/α,β-unsaturated/α-hetero) is 1. The third-order valence-corrected chi connectivity index (χ3v) is 6.35. The Morgan fingerprint density at radius 1 is 0.870 bits per heavy atom. The van der Waals surface area contributed by atoms with Gasteiger partial charge in [-0.15, -0.1) is 0 Å². The highest BCUT2D eigenvalue weighted by atomic mass is 19.1. The zero-order valence-electron chi connectivity index (χ0n) is 26.8. The van der Waals surface area contributed by atoms with Crippen LogP contribution in [0.1, 0.15) is 58.3 Å². The topological polar surface area (TPSA) is 121 Å². The van der Waals surface area contributed by atoms with Crippen molar-refractivity contribution in [3.8, 4) is 22.6 Å². The number of nitrogens with one attached hydrogen (secondary N) is 2. The van der Waals surface area contributed by atoms with Gasteiger partial charge in [0, 0.05) is 35.3 Å². The van der Waals surface area contributed by atoms with Crippen LogP contribution in [0.2, 0.25) is 0 Å². The Morgan fingerprint density at radius 3 is 2.24 bits per heavy atom. The van der Waals surface area contributed by atoms with Crippen LogP contribution in [0.5, 0.6) is 5.75 Å². The third kappa shape index (κ3) is 10.00. The average molecular weight is 631 g/mol. The maximum absolute atomic E-state index is 13.8. The molecule has 4 rings (SSSR count). The molecule has 4 aromatic rings. The first-order chi connectivity index (χ1) is 21.7. The number of aromatic nitrogens is 2. The molecule has 0 aliphatic rings. The summed E-state index contributed by atoms with van der Waals surface area (Å²) in [6, 6.07) is 15.8. The largest absolute Gasteiger partial charge is 0.490 e. The van der Waals surface area contributed by atoms with Crippen molar-refractivity contribution < 1.29 is 33.0 Å². The van der Waals surface area contributed by atoms with E-state index in [1.165, 1.54) is 12.1 Å². The van der Waals surface area contributed by atoms with Gasteiger partial charge in [-0.3, -0.25) is 14.9 Å².